The van der Waals surface area contributed by atoms with Crippen molar-refractivity contribution in [1.82, 2.24) is 10.2 Å². The SMILES string of the molecule is O=C(NC1CCN(C(=O)CNc2ccccc2)CC1)C1CCC1. The zero-order valence-corrected chi connectivity index (χ0v) is 13.5. The molecule has 1 aliphatic carbocycles. The van der Waals surface area contributed by atoms with Gasteiger partial charge >= 0.3 is 0 Å². The molecule has 0 atom stereocenters. The number of hydrogen-bond acceptors (Lipinski definition) is 3. The van der Waals surface area contributed by atoms with E-state index in [1.54, 1.807) is 0 Å². The summed E-state index contributed by atoms with van der Waals surface area (Å²) in [7, 11) is 0. The summed E-state index contributed by atoms with van der Waals surface area (Å²) in [4.78, 5) is 26.1. The summed E-state index contributed by atoms with van der Waals surface area (Å²) in [5, 5.41) is 6.30. The summed E-state index contributed by atoms with van der Waals surface area (Å²) in [5.41, 5.74) is 0.962. The van der Waals surface area contributed by atoms with Crippen molar-refractivity contribution >= 4 is 17.5 Å². The highest BCUT2D eigenvalue weighted by Crippen LogP contribution is 2.26. The zero-order chi connectivity index (χ0) is 16.1. The van der Waals surface area contributed by atoms with Crippen LogP contribution in [-0.2, 0) is 9.59 Å². The molecule has 23 heavy (non-hydrogen) atoms. The Kier molecular flexibility index (Phi) is 5.16. The smallest absolute Gasteiger partial charge is 0.241 e. The molecule has 0 bridgehead atoms. The highest BCUT2D eigenvalue weighted by molar-refractivity contribution is 5.81. The summed E-state index contributed by atoms with van der Waals surface area (Å²) in [6.07, 6.45) is 4.97. The molecular formula is C18H25N3O2. The second-order valence-electron chi connectivity index (χ2n) is 6.51. The molecule has 124 valence electrons. The van der Waals surface area contributed by atoms with E-state index in [1.807, 2.05) is 35.2 Å². The molecule has 1 aromatic carbocycles. The largest absolute Gasteiger partial charge is 0.376 e. The minimum absolute atomic E-state index is 0.123. The number of piperidine rings is 1. The third-order valence-corrected chi connectivity index (χ3v) is 4.89. The highest BCUT2D eigenvalue weighted by Gasteiger charge is 2.29. The summed E-state index contributed by atoms with van der Waals surface area (Å²) in [6, 6.07) is 9.99. The molecule has 1 aromatic rings. The molecule has 1 heterocycles. The van der Waals surface area contributed by atoms with Crippen LogP contribution in [0.15, 0.2) is 30.3 Å². The lowest BCUT2D eigenvalue weighted by Crippen LogP contribution is -2.49. The maximum Gasteiger partial charge on any atom is 0.241 e. The Labute approximate surface area is 137 Å². The van der Waals surface area contributed by atoms with Gasteiger partial charge in [-0.1, -0.05) is 24.6 Å². The van der Waals surface area contributed by atoms with Gasteiger partial charge in [0.25, 0.3) is 0 Å². The van der Waals surface area contributed by atoms with Gasteiger partial charge in [-0.05, 0) is 37.8 Å². The Hall–Kier alpha value is -2.04. The van der Waals surface area contributed by atoms with Crippen LogP contribution in [-0.4, -0.2) is 42.4 Å². The van der Waals surface area contributed by atoms with Gasteiger partial charge < -0.3 is 15.5 Å². The first-order chi connectivity index (χ1) is 11.2. The molecule has 2 fully saturated rings. The number of benzene rings is 1. The van der Waals surface area contributed by atoms with Gasteiger partial charge in [-0.25, -0.2) is 0 Å². The number of hydrogen-bond donors (Lipinski definition) is 2. The van der Waals surface area contributed by atoms with Gasteiger partial charge in [-0.3, -0.25) is 9.59 Å². The third kappa shape index (κ3) is 4.24. The van der Waals surface area contributed by atoms with Crippen molar-refractivity contribution in [2.24, 2.45) is 5.92 Å². The van der Waals surface area contributed by atoms with Gasteiger partial charge in [-0.15, -0.1) is 0 Å². The molecule has 1 aliphatic heterocycles. The molecule has 1 saturated heterocycles. The second-order valence-corrected chi connectivity index (χ2v) is 6.51. The van der Waals surface area contributed by atoms with Gasteiger partial charge in [0.1, 0.15) is 0 Å². The number of nitrogens with one attached hydrogen (secondary N) is 2. The quantitative estimate of drug-likeness (QED) is 0.874. The minimum Gasteiger partial charge on any atom is -0.376 e. The van der Waals surface area contributed by atoms with Crippen LogP contribution >= 0.6 is 0 Å². The van der Waals surface area contributed by atoms with Gasteiger partial charge in [0.15, 0.2) is 0 Å². The number of likely N-dealkylation sites (tertiary alicyclic amines) is 1. The van der Waals surface area contributed by atoms with E-state index in [0.717, 1.165) is 44.5 Å². The first kappa shape index (κ1) is 15.8. The Balaban J connectivity index is 1.38. The molecule has 5 heteroatoms. The number of carbonyl (C=O) groups is 2. The van der Waals surface area contributed by atoms with Crippen molar-refractivity contribution in [3.8, 4) is 0 Å². The first-order valence-corrected chi connectivity index (χ1v) is 8.59. The maximum atomic E-state index is 12.2. The predicted octanol–water partition coefficient (Wildman–Crippen LogP) is 2.01. The molecule has 3 rings (SSSR count). The van der Waals surface area contributed by atoms with E-state index in [1.165, 1.54) is 6.42 Å². The van der Waals surface area contributed by atoms with Gasteiger partial charge in [0, 0.05) is 30.7 Å². The fourth-order valence-corrected chi connectivity index (χ4v) is 3.11. The number of amides is 2. The molecule has 0 aromatic heterocycles. The van der Waals surface area contributed by atoms with E-state index in [-0.39, 0.29) is 23.8 Å². The molecule has 2 aliphatic rings. The van der Waals surface area contributed by atoms with Crippen LogP contribution in [0.3, 0.4) is 0 Å². The van der Waals surface area contributed by atoms with Crippen molar-refractivity contribution in [2.45, 2.75) is 38.1 Å². The molecule has 2 N–H and O–H groups in total. The number of rotatable bonds is 5. The first-order valence-electron chi connectivity index (χ1n) is 8.59. The monoisotopic (exact) mass is 315 g/mol. The van der Waals surface area contributed by atoms with Crippen LogP contribution in [0.5, 0.6) is 0 Å². The zero-order valence-electron chi connectivity index (χ0n) is 13.5. The van der Waals surface area contributed by atoms with Crippen molar-refractivity contribution in [1.29, 1.82) is 0 Å². The lowest BCUT2D eigenvalue weighted by atomic mass is 9.84. The van der Waals surface area contributed by atoms with Crippen LogP contribution in [0.1, 0.15) is 32.1 Å². The molecule has 2 amide bonds. The summed E-state index contributed by atoms with van der Waals surface area (Å²) in [6.45, 7) is 1.78. The van der Waals surface area contributed by atoms with Crippen molar-refractivity contribution < 1.29 is 9.59 Å². The Morgan fingerprint density at radius 2 is 1.74 bits per heavy atom. The number of nitrogens with zero attached hydrogens (tertiary/aromatic N) is 1. The molecule has 1 saturated carbocycles. The molecular weight excluding hydrogens is 290 g/mol. The highest BCUT2D eigenvalue weighted by atomic mass is 16.2. The Bertz CT molecular complexity index is 534. The van der Waals surface area contributed by atoms with E-state index in [2.05, 4.69) is 10.6 Å². The Morgan fingerprint density at radius 3 is 2.35 bits per heavy atom. The minimum atomic E-state index is 0.123. The summed E-state index contributed by atoms with van der Waals surface area (Å²) >= 11 is 0. The summed E-state index contributed by atoms with van der Waals surface area (Å²) < 4.78 is 0. The summed E-state index contributed by atoms with van der Waals surface area (Å²) in [5.74, 6) is 0.578. The van der Waals surface area contributed by atoms with Crippen molar-refractivity contribution in [3.63, 3.8) is 0 Å². The predicted molar refractivity (Wildman–Crippen MR) is 90.0 cm³/mol. The van der Waals surface area contributed by atoms with Gasteiger partial charge in [-0.2, -0.15) is 0 Å². The van der Waals surface area contributed by atoms with Crippen LogP contribution in [0.4, 0.5) is 5.69 Å². The molecule has 0 spiro atoms. The van der Waals surface area contributed by atoms with E-state index in [4.69, 9.17) is 0 Å². The lowest BCUT2D eigenvalue weighted by Gasteiger charge is -2.34. The van der Waals surface area contributed by atoms with Crippen molar-refractivity contribution in [3.05, 3.63) is 30.3 Å². The number of para-hydroxylation sites is 1. The third-order valence-electron chi connectivity index (χ3n) is 4.89. The van der Waals surface area contributed by atoms with E-state index < -0.39 is 0 Å². The van der Waals surface area contributed by atoms with Crippen LogP contribution < -0.4 is 10.6 Å². The van der Waals surface area contributed by atoms with Crippen LogP contribution in [0.25, 0.3) is 0 Å². The normalized spacial score (nSPS) is 19.0. The fourth-order valence-electron chi connectivity index (χ4n) is 3.11. The molecule has 5 nitrogen and oxygen atoms in total. The fraction of sp³-hybridized carbons (Fsp3) is 0.556. The Morgan fingerprint density at radius 1 is 1.04 bits per heavy atom. The molecule has 0 radical (unpaired) electrons. The maximum absolute atomic E-state index is 12.2. The molecule has 0 unspecified atom stereocenters. The van der Waals surface area contributed by atoms with Crippen molar-refractivity contribution in [2.75, 3.05) is 25.0 Å². The number of carbonyl (C=O) groups excluding carboxylic acids is 2. The van der Waals surface area contributed by atoms with E-state index in [9.17, 15) is 9.59 Å². The van der Waals surface area contributed by atoms with Crippen LogP contribution in [0, 0.1) is 5.92 Å². The standard InChI is InChI=1S/C18H25N3O2/c22-17(13-19-15-7-2-1-3-8-15)21-11-9-16(10-12-21)20-18(23)14-5-4-6-14/h1-3,7-8,14,16,19H,4-6,9-13H2,(H,20,23). The lowest BCUT2D eigenvalue weighted by molar-refractivity contribution is -0.131. The second kappa shape index (κ2) is 7.49. The average molecular weight is 315 g/mol. The van der Waals surface area contributed by atoms with E-state index >= 15 is 0 Å². The van der Waals surface area contributed by atoms with Crippen LogP contribution in [0.2, 0.25) is 0 Å². The van der Waals surface area contributed by atoms with E-state index in [0.29, 0.717) is 6.54 Å². The average Bonchev–Trinajstić information content (AvgIpc) is 2.52. The van der Waals surface area contributed by atoms with Gasteiger partial charge in [0.05, 0.1) is 6.54 Å². The van der Waals surface area contributed by atoms with Gasteiger partial charge in [0.2, 0.25) is 11.8 Å². The topological polar surface area (TPSA) is 61.4 Å². The number of anilines is 1.